The molecule has 0 amide bonds. The first-order chi connectivity index (χ1) is 10.8. The Bertz CT molecular complexity index is 692. The Kier molecular flexibility index (Phi) is 3.91. The van der Waals surface area contributed by atoms with Gasteiger partial charge >= 0.3 is 6.18 Å². The van der Waals surface area contributed by atoms with Gasteiger partial charge in [0.15, 0.2) is 5.82 Å². The van der Waals surface area contributed by atoms with Gasteiger partial charge in [-0.2, -0.15) is 18.2 Å². The molecule has 1 unspecified atom stereocenters. The van der Waals surface area contributed by atoms with E-state index >= 15 is 0 Å². The first-order valence-corrected chi connectivity index (χ1v) is 7.57. The molecule has 0 saturated heterocycles. The monoisotopic (exact) mass is 325 g/mol. The molecule has 1 aromatic carbocycles. The van der Waals surface area contributed by atoms with Crippen LogP contribution in [0.3, 0.4) is 0 Å². The highest BCUT2D eigenvalue weighted by Crippen LogP contribution is 2.37. The van der Waals surface area contributed by atoms with Crippen LogP contribution in [0.5, 0.6) is 0 Å². The fourth-order valence-electron chi connectivity index (χ4n) is 2.72. The number of benzene rings is 1. The molecule has 4 nitrogen and oxygen atoms in total. The zero-order valence-corrected chi connectivity index (χ0v) is 12.7. The van der Waals surface area contributed by atoms with Crippen LogP contribution in [-0.4, -0.2) is 10.1 Å². The standard InChI is InChI=1S/C16H18F3N3O/c1-10(11-4-2-5-12(9-11)16(17,18)19)8-13-21-14(22-23-13)15(20)6-3-7-15/h2,4-5,9-10H,3,6-8,20H2,1H3. The highest BCUT2D eigenvalue weighted by atomic mass is 19.4. The number of hydrogen-bond acceptors (Lipinski definition) is 4. The van der Waals surface area contributed by atoms with E-state index in [4.69, 9.17) is 10.3 Å². The van der Waals surface area contributed by atoms with E-state index in [1.165, 1.54) is 6.07 Å². The Balaban J connectivity index is 1.73. The third kappa shape index (κ3) is 3.24. The summed E-state index contributed by atoms with van der Waals surface area (Å²) in [7, 11) is 0. The Morgan fingerprint density at radius 3 is 2.70 bits per heavy atom. The van der Waals surface area contributed by atoms with Gasteiger partial charge in [-0.3, -0.25) is 0 Å². The molecule has 0 radical (unpaired) electrons. The van der Waals surface area contributed by atoms with Crippen molar-refractivity contribution in [3.8, 4) is 0 Å². The fourth-order valence-corrected chi connectivity index (χ4v) is 2.72. The van der Waals surface area contributed by atoms with Crippen molar-refractivity contribution in [3.63, 3.8) is 0 Å². The molecule has 23 heavy (non-hydrogen) atoms. The normalized spacial score (nSPS) is 18.5. The molecular formula is C16H18F3N3O. The predicted octanol–water partition coefficient (Wildman–Crippen LogP) is 3.77. The first-order valence-electron chi connectivity index (χ1n) is 7.57. The molecule has 7 heteroatoms. The predicted molar refractivity (Wildman–Crippen MR) is 77.6 cm³/mol. The zero-order chi connectivity index (χ0) is 16.7. The van der Waals surface area contributed by atoms with Crippen LogP contribution in [0.25, 0.3) is 0 Å². The smallest absolute Gasteiger partial charge is 0.339 e. The minimum Gasteiger partial charge on any atom is -0.339 e. The summed E-state index contributed by atoms with van der Waals surface area (Å²) < 4.78 is 43.6. The first kappa shape index (κ1) is 16.0. The maximum atomic E-state index is 12.8. The highest BCUT2D eigenvalue weighted by molar-refractivity contribution is 5.28. The Hall–Kier alpha value is -1.89. The molecule has 1 saturated carbocycles. The van der Waals surface area contributed by atoms with Gasteiger partial charge in [0, 0.05) is 6.42 Å². The lowest BCUT2D eigenvalue weighted by Crippen LogP contribution is -2.44. The molecule has 0 aliphatic heterocycles. The van der Waals surface area contributed by atoms with Gasteiger partial charge in [-0.25, -0.2) is 0 Å². The van der Waals surface area contributed by atoms with Crippen LogP contribution in [-0.2, 0) is 18.1 Å². The van der Waals surface area contributed by atoms with Crippen LogP contribution < -0.4 is 5.73 Å². The average molecular weight is 325 g/mol. The van der Waals surface area contributed by atoms with E-state index in [1.54, 1.807) is 6.07 Å². The summed E-state index contributed by atoms with van der Waals surface area (Å²) in [6.45, 7) is 1.83. The molecule has 2 N–H and O–H groups in total. The molecule has 1 aromatic heterocycles. The van der Waals surface area contributed by atoms with Gasteiger partial charge in [-0.05, 0) is 36.8 Å². The molecule has 124 valence electrons. The van der Waals surface area contributed by atoms with E-state index in [0.29, 0.717) is 23.7 Å². The van der Waals surface area contributed by atoms with E-state index < -0.39 is 17.3 Å². The molecule has 1 aliphatic rings. The maximum Gasteiger partial charge on any atom is 0.416 e. The Labute approximate surface area is 131 Å². The van der Waals surface area contributed by atoms with Crippen molar-refractivity contribution in [2.24, 2.45) is 5.73 Å². The number of hydrogen-bond donors (Lipinski definition) is 1. The van der Waals surface area contributed by atoms with Crippen LogP contribution in [0.4, 0.5) is 13.2 Å². The maximum absolute atomic E-state index is 12.8. The quantitative estimate of drug-likeness (QED) is 0.929. The minimum atomic E-state index is -4.34. The molecule has 0 spiro atoms. The fraction of sp³-hybridized carbons (Fsp3) is 0.500. The second kappa shape index (κ2) is 5.63. The number of nitrogens with zero attached hydrogens (tertiary/aromatic N) is 2. The van der Waals surface area contributed by atoms with Crippen molar-refractivity contribution < 1.29 is 17.7 Å². The summed E-state index contributed by atoms with van der Waals surface area (Å²) in [5, 5.41) is 3.92. The lowest BCUT2D eigenvalue weighted by Gasteiger charge is -2.34. The van der Waals surface area contributed by atoms with Crippen LogP contribution in [0, 0.1) is 0 Å². The van der Waals surface area contributed by atoms with Crippen LogP contribution in [0.1, 0.15) is 54.9 Å². The average Bonchev–Trinajstić information content (AvgIpc) is 2.93. The molecule has 1 aliphatic carbocycles. The molecule has 1 fully saturated rings. The van der Waals surface area contributed by atoms with Crippen molar-refractivity contribution in [2.45, 2.75) is 50.2 Å². The van der Waals surface area contributed by atoms with Gasteiger partial charge in [0.2, 0.25) is 5.89 Å². The van der Waals surface area contributed by atoms with Gasteiger partial charge < -0.3 is 10.3 Å². The second-order valence-corrected chi connectivity index (χ2v) is 6.25. The second-order valence-electron chi connectivity index (χ2n) is 6.25. The number of alkyl halides is 3. The lowest BCUT2D eigenvalue weighted by molar-refractivity contribution is -0.137. The van der Waals surface area contributed by atoms with Crippen molar-refractivity contribution >= 4 is 0 Å². The Morgan fingerprint density at radius 2 is 2.09 bits per heavy atom. The van der Waals surface area contributed by atoms with Crippen molar-refractivity contribution in [3.05, 3.63) is 47.1 Å². The van der Waals surface area contributed by atoms with E-state index in [9.17, 15) is 13.2 Å². The number of aromatic nitrogens is 2. The molecule has 1 heterocycles. The van der Waals surface area contributed by atoms with E-state index in [-0.39, 0.29) is 5.92 Å². The molecule has 2 aromatic rings. The van der Waals surface area contributed by atoms with Gasteiger partial charge in [0.25, 0.3) is 0 Å². The third-order valence-electron chi connectivity index (χ3n) is 4.42. The Morgan fingerprint density at radius 1 is 1.35 bits per heavy atom. The van der Waals surface area contributed by atoms with E-state index in [1.807, 2.05) is 6.92 Å². The van der Waals surface area contributed by atoms with Crippen molar-refractivity contribution in [1.82, 2.24) is 10.1 Å². The summed E-state index contributed by atoms with van der Waals surface area (Å²) in [5.41, 5.74) is 5.58. The summed E-state index contributed by atoms with van der Waals surface area (Å²) in [6.07, 6.45) is -1.26. The lowest BCUT2D eigenvalue weighted by atomic mass is 9.77. The SMILES string of the molecule is CC(Cc1nc(C2(N)CCC2)no1)c1cccc(C(F)(F)F)c1. The number of nitrogens with two attached hydrogens (primary N) is 1. The molecular weight excluding hydrogens is 307 g/mol. The molecule has 3 rings (SSSR count). The van der Waals surface area contributed by atoms with Gasteiger partial charge in [-0.15, -0.1) is 0 Å². The van der Waals surface area contributed by atoms with E-state index in [0.717, 1.165) is 31.4 Å². The summed E-state index contributed by atoms with van der Waals surface area (Å²) in [4.78, 5) is 4.32. The third-order valence-corrected chi connectivity index (χ3v) is 4.42. The van der Waals surface area contributed by atoms with E-state index in [2.05, 4.69) is 10.1 Å². The summed E-state index contributed by atoms with van der Waals surface area (Å²) >= 11 is 0. The highest BCUT2D eigenvalue weighted by Gasteiger charge is 2.39. The zero-order valence-electron chi connectivity index (χ0n) is 12.7. The van der Waals surface area contributed by atoms with Crippen molar-refractivity contribution in [1.29, 1.82) is 0 Å². The van der Waals surface area contributed by atoms with Gasteiger partial charge in [0.05, 0.1) is 11.1 Å². The summed E-state index contributed by atoms with van der Waals surface area (Å²) in [5.74, 6) is 0.734. The van der Waals surface area contributed by atoms with Crippen LogP contribution in [0.15, 0.2) is 28.8 Å². The summed E-state index contributed by atoms with van der Waals surface area (Å²) in [6, 6.07) is 5.32. The van der Waals surface area contributed by atoms with Crippen LogP contribution in [0.2, 0.25) is 0 Å². The largest absolute Gasteiger partial charge is 0.416 e. The molecule has 1 atom stereocenters. The topological polar surface area (TPSA) is 64.9 Å². The van der Waals surface area contributed by atoms with Gasteiger partial charge in [0.1, 0.15) is 0 Å². The van der Waals surface area contributed by atoms with Gasteiger partial charge in [-0.1, -0.05) is 30.3 Å². The number of rotatable bonds is 4. The number of halogens is 3. The molecule has 0 bridgehead atoms. The van der Waals surface area contributed by atoms with Crippen molar-refractivity contribution in [2.75, 3.05) is 0 Å². The van der Waals surface area contributed by atoms with Crippen LogP contribution >= 0.6 is 0 Å². The minimum absolute atomic E-state index is 0.166.